The SMILES string of the molecule is CCCc1noc([C@@H](C)Oc2ccc3ccc(=O)oc3c2)n1. The number of aryl methyl sites for hydroxylation is 1. The normalized spacial score (nSPS) is 12.5. The smallest absolute Gasteiger partial charge is 0.336 e. The van der Waals surface area contributed by atoms with E-state index in [2.05, 4.69) is 17.1 Å². The average Bonchev–Trinajstić information content (AvgIpc) is 2.96. The third-order valence-corrected chi connectivity index (χ3v) is 3.21. The summed E-state index contributed by atoms with van der Waals surface area (Å²) in [5.74, 6) is 1.68. The molecule has 0 aliphatic rings. The van der Waals surface area contributed by atoms with E-state index in [-0.39, 0.29) is 11.7 Å². The van der Waals surface area contributed by atoms with Gasteiger partial charge < -0.3 is 13.7 Å². The molecule has 0 aliphatic carbocycles. The number of hydrogen-bond acceptors (Lipinski definition) is 6. The molecular formula is C16H16N2O4. The number of benzene rings is 1. The molecule has 0 bridgehead atoms. The Morgan fingerprint density at radius 3 is 2.91 bits per heavy atom. The van der Waals surface area contributed by atoms with E-state index in [0.29, 0.717) is 23.0 Å². The van der Waals surface area contributed by atoms with Crippen molar-refractivity contribution in [1.82, 2.24) is 10.1 Å². The summed E-state index contributed by atoms with van der Waals surface area (Å²) >= 11 is 0. The molecule has 0 fully saturated rings. The van der Waals surface area contributed by atoms with Crippen LogP contribution in [0.3, 0.4) is 0 Å². The summed E-state index contributed by atoms with van der Waals surface area (Å²) in [4.78, 5) is 15.6. The summed E-state index contributed by atoms with van der Waals surface area (Å²) < 4.78 is 16.1. The first kappa shape index (κ1) is 14.3. The second-order valence-electron chi connectivity index (χ2n) is 5.01. The largest absolute Gasteiger partial charge is 0.481 e. The van der Waals surface area contributed by atoms with E-state index < -0.39 is 0 Å². The van der Waals surface area contributed by atoms with E-state index in [9.17, 15) is 4.79 Å². The zero-order valence-corrected chi connectivity index (χ0v) is 12.4. The fourth-order valence-corrected chi connectivity index (χ4v) is 2.13. The molecule has 114 valence electrons. The van der Waals surface area contributed by atoms with Crippen LogP contribution in [0.1, 0.15) is 38.1 Å². The molecule has 0 amide bonds. The van der Waals surface area contributed by atoms with Crippen molar-refractivity contribution in [3.8, 4) is 5.75 Å². The number of nitrogens with zero attached hydrogens (tertiary/aromatic N) is 2. The molecule has 0 spiro atoms. The molecule has 1 atom stereocenters. The van der Waals surface area contributed by atoms with E-state index in [0.717, 1.165) is 18.2 Å². The molecule has 0 radical (unpaired) electrons. The first-order valence-corrected chi connectivity index (χ1v) is 7.19. The van der Waals surface area contributed by atoms with Gasteiger partial charge in [-0.05, 0) is 31.5 Å². The van der Waals surface area contributed by atoms with Crippen LogP contribution in [0, 0.1) is 0 Å². The maximum atomic E-state index is 11.3. The van der Waals surface area contributed by atoms with Crippen LogP contribution in [-0.4, -0.2) is 10.1 Å². The number of rotatable bonds is 5. The molecule has 0 unspecified atom stereocenters. The highest BCUT2D eigenvalue weighted by atomic mass is 16.5. The summed E-state index contributed by atoms with van der Waals surface area (Å²) in [5.41, 5.74) is 0.0909. The van der Waals surface area contributed by atoms with Crippen molar-refractivity contribution < 1.29 is 13.7 Å². The molecule has 0 saturated heterocycles. The van der Waals surface area contributed by atoms with Gasteiger partial charge in [0, 0.05) is 23.9 Å². The second kappa shape index (κ2) is 6.01. The van der Waals surface area contributed by atoms with Crippen molar-refractivity contribution in [2.24, 2.45) is 0 Å². The first-order valence-electron chi connectivity index (χ1n) is 7.19. The molecule has 6 heteroatoms. The highest BCUT2D eigenvalue weighted by Crippen LogP contribution is 2.24. The Balaban J connectivity index is 1.80. The number of fused-ring (bicyclic) bond motifs is 1. The van der Waals surface area contributed by atoms with Crippen LogP contribution in [0.2, 0.25) is 0 Å². The van der Waals surface area contributed by atoms with E-state index in [1.54, 1.807) is 12.1 Å². The van der Waals surface area contributed by atoms with E-state index in [1.807, 2.05) is 19.1 Å². The summed E-state index contributed by atoms with van der Waals surface area (Å²) in [5, 5.41) is 4.74. The Bertz CT molecular complexity index is 837. The maximum absolute atomic E-state index is 11.3. The quantitative estimate of drug-likeness (QED) is 0.673. The van der Waals surface area contributed by atoms with Gasteiger partial charge in [-0.15, -0.1) is 0 Å². The lowest BCUT2D eigenvalue weighted by molar-refractivity contribution is 0.175. The fourth-order valence-electron chi connectivity index (χ4n) is 2.13. The van der Waals surface area contributed by atoms with Crippen LogP contribution < -0.4 is 10.4 Å². The highest BCUT2D eigenvalue weighted by molar-refractivity contribution is 5.77. The topological polar surface area (TPSA) is 78.4 Å². The predicted octanol–water partition coefficient (Wildman–Crippen LogP) is 3.27. The lowest BCUT2D eigenvalue weighted by atomic mass is 10.2. The Hall–Kier alpha value is -2.63. The standard InChI is InChI=1S/C16H16N2O4/c1-3-4-14-17-16(22-18-14)10(2)20-12-7-5-11-6-8-15(19)21-13(11)9-12/h5-10H,3-4H2,1-2H3/t10-/m1/s1. The van der Waals surface area contributed by atoms with Gasteiger partial charge in [0.25, 0.3) is 5.89 Å². The molecule has 2 aromatic heterocycles. The van der Waals surface area contributed by atoms with Crippen LogP contribution in [0.15, 0.2) is 44.1 Å². The molecule has 0 N–H and O–H groups in total. The Labute approximate surface area is 126 Å². The van der Waals surface area contributed by atoms with Crippen molar-refractivity contribution in [3.05, 3.63) is 52.5 Å². The number of hydrogen-bond donors (Lipinski definition) is 0. The Morgan fingerprint density at radius 1 is 1.27 bits per heavy atom. The first-order chi connectivity index (χ1) is 10.7. The Morgan fingerprint density at radius 2 is 2.09 bits per heavy atom. The summed E-state index contributed by atoms with van der Waals surface area (Å²) in [6, 6.07) is 8.41. The van der Waals surface area contributed by atoms with E-state index >= 15 is 0 Å². The number of aromatic nitrogens is 2. The minimum atomic E-state index is -0.390. The third kappa shape index (κ3) is 3.00. The van der Waals surface area contributed by atoms with Crippen molar-refractivity contribution in [2.45, 2.75) is 32.8 Å². The highest BCUT2D eigenvalue weighted by Gasteiger charge is 2.16. The molecule has 6 nitrogen and oxygen atoms in total. The van der Waals surface area contributed by atoms with Crippen molar-refractivity contribution in [3.63, 3.8) is 0 Å². The zero-order valence-electron chi connectivity index (χ0n) is 12.4. The van der Waals surface area contributed by atoms with Crippen LogP contribution in [-0.2, 0) is 6.42 Å². The van der Waals surface area contributed by atoms with E-state index in [1.165, 1.54) is 6.07 Å². The van der Waals surface area contributed by atoms with Gasteiger partial charge in [0.1, 0.15) is 11.3 Å². The summed E-state index contributed by atoms with van der Waals surface area (Å²) in [7, 11) is 0. The number of ether oxygens (including phenoxy) is 1. The summed E-state index contributed by atoms with van der Waals surface area (Å²) in [6.45, 7) is 3.88. The predicted molar refractivity (Wildman–Crippen MR) is 79.8 cm³/mol. The minimum Gasteiger partial charge on any atom is -0.481 e. The van der Waals surface area contributed by atoms with Crippen LogP contribution in [0.4, 0.5) is 0 Å². The van der Waals surface area contributed by atoms with Gasteiger partial charge in [-0.1, -0.05) is 12.1 Å². The Kier molecular flexibility index (Phi) is 3.91. The van der Waals surface area contributed by atoms with Crippen LogP contribution in [0.25, 0.3) is 11.0 Å². The molecule has 3 rings (SSSR count). The fraction of sp³-hybridized carbons (Fsp3) is 0.312. The third-order valence-electron chi connectivity index (χ3n) is 3.21. The zero-order chi connectivity index (χ0) is 15.5. The molecule has 22 heavy (non-hydrogen) atoms. The molecule has 0 aliphatic heterocycles. The monoisotopic (exact) mass is 300 g/mol. The van der Waals surface area contributed by atoms with Crippen LogP contribution in [0.5, 0.6) is 5.75 Å². The molecule has 0 saturated carbocycles. The second-order valence-corrected chi connectivity index (χ2v) is 5.01. The molecule has 2 heterocycles. The van der Waals surface area contributed by atoms with Crippen molar-refractivity contribution >= 4 is 11.0 Å². The average molecular weight is 300 g/mol. The van der Waals surface area contributed by atoms with Gasteiger partial charge in [0.2, 0.25) is 0 Å². The molecule has 3 aromatic rings. The van der Waals surface area contributed by atoms with Crippen molar-refractivity contribution in [2.75, 3.05) is 0 Å². The summed E-state index contributed by atoms with van der Waals surface area (Å²) in [6.07, 6.45) is 1.35. The lowest BCUT2D eigenvalue weighted by Gasteiger charge is -2.10. The van der Waals surface area contributed by atoms with Gasteiger partial charge in [-0.2, -0.15) is 4.98 Å². The van der Waals surface area contributed by atoms with E-state index in [4.69, 9.17) is 13.7 Å². The molecule has 1 aromatic carbocycles. The maximum Gasteiger partial charge on any atom is 0.336 e. The van der Waals surface area contributed by atoms with Gasteiger partial charge in [-0.3, -0.25) is 0 Å². The lowest BCUT2D eigenvalue weighted by Crippen LogP contribution is -2.04. The minimum absolute atomic E-state index is 0.383. The molecular weight excluding hydrogens is 284 g/mol. The van der Waals surface area contributed by atoms with Gasteiger partial charge in [-0.25, -0.2) is 4.79 Å². The van der Waals surface area contributed by atoms with Gasteiger partial charge in [0.05, 0.1) is 0 Å². The van der Waals surface area contributed by atoms with Crippen LogP contribution >= 0.6 is 0 Å². The van der Waals surface area contributed by atoms with Crippen molar-refractivity contribution in [1.29, 1.82) is 0 Å². The van der Waals surface area contributed by atoms with Gasteiger partial charge in [0.15, 0.2) is 11.9 Å². The van der Waals surface area contributed by atoms with Gasteiger partial charge >= 0.3 is 5.63 Å².